The maximum absolute atomic E-state index is 13.8. The van der Waals surface area contributed by atoms with Crippen LogP contribution in [0.25, 0.3) is 10.2 Å². The maximum atomic E-state index is 13.8. The molecule has 3 amide bonds. The van der Waals surface area contributed by atoms with Gasteiger partial charge in [-0.25, -0.2) is 4.98 Å². The highest BCUT2D eigenvalue weighted by Gasteiger charge is 2.28. The second-order valence-electron chi connectivity index (χ2n) is 12.7. The summed E-state index contributed by atoms with van der Waals surface area (Å²) in [6.45, 7) is 14.0. The first kappa shape index (κ1) is 34.1. The van der Waals surface area contributed by atoms with E-state index in [1.807, 2.05) is 13.0 Å². The lowest BCUT2D eigenvalue weighted by molar-refractivity contribution is -0.129. The van der Waals surface area contributed by atoms with Gasteiger partial charge >= 0.3 is 0 Å². The zero-order valence-electron chi connectivity index (χ0n) is 26.8. The highest BCUT2D eigenvalue weighted by molar-refractivity contribution is 7.18. The van der Waals surface area contributed by atoms with Gasteiger partial charge in [0.25, 0.3) is 0 Å². The van der Waals surface area contributed by atoms with Crippen molar-refractivity contribution in [1.29, 1.82) is 0 Å². The molecule has 0 bridgehead atoms. The van der Waals surface area contributed by atoms with Crippen molar-refractivity contribution in [3.05, 3.63) is 40.9 Å². The highest BCUT2D eigenvalue weighted by Crippen LogP contribution is 2.28. The maximum Gasteiger partial charge on any atom is 0.247 e. The summed E-state index contributed by atoms with van der Waals surface area (Å²) in [7, 11) is 0. The minimum atomic E-state index is -0.750. The Balaban J connectivity index is 1.44. The molecule has 1 unspecified atom stereocenters. The van der Waals surface area contributed by atoms with E-state index in [-0.39, 0.29) is 23.8 Å². The van der Waals surface area contributed by atoms with Gasteiger partial charge in [0, 0.05) is 50.6 Å². The molecule has 2 aromatic rings. The fourth-order valence-corrected chi connectivity index (χ4v) is 7.14. The first-order chi connectivity index (χ1) is 21.2. The molecule has 4 rings (SSSR count). The van der Waals surface area contributed by atoms with Gasteiger partial charge in [-0.3, -0.25) is 19.3 Å². The van der Waals surface area contributed by atoms with Crippen LogP contribution in [0.2, 0.25) is 0 Å². The Kier molecular flexibility index (Phi) is 13.2. The molecule has 44 heavy (non-hydrogen) atoms. The smallest absolute Gasteiger partial charge is 0.247 e. The quantitative estimate of drug-likeness (QED) is 0.247. The molecule has 3 N–H and O–H groups in total. The Morgan fingerprint density at radius 2 is 1.86 bits per heavy atom. The summed E-state index contributed by atoms with van der Waals surface area (Å²) in [6, 6.07) is 5.30. The molecule has 1 aliphatic heterocycles. The van der Waals surface area contributed by atoms with E-state index in [9.17, 15) is 14.4 Å². The number of amides is 3. The zero-order chi connectivity index (χ0) is 31.5. The zero-order valence-corrected chi connectivity index (χ0v) is 27.6. The number of ether oxygens (including phenoxy) is 1. The van der Waals surface area contributed by atoms with E-state index in [2.05, 4.69) is 53.4 Å². The van der Waals surface area contributed by atoms with Gasteiger partial charge in [-0.2, -0.15) is 0 Å². The number of benzene rings is 1. The van der Waals surface area contributed by atoms with Gasteiger partial charge in [0.15, 0.2) is 0 Å². The third-order valence-electron chi connectivity index (χ3n) is 8.67. The molecule has 1 saturated heterocycles. The molecule has 2 aliphatic rings. The van der Waals surface area contributed by atoms with Crippen LogP contribution >= 0.6 is 11.3 Å². The van der Waals surface area contributed by atoms with Crippen LogP contribution in [0.3, 0.4) is 0 Å². The van der Waals surface area contributed by atoms with Crippen molar-refractivity contribution in [1.82, 2.24) is 25.8 Å². The lowest BCUT2D eigenvalue weighted by Gasteiger charge is -2.29. The van der Waals surface area contributed by atoms with E-state index in [1.54, 1.807) is 11.3 Å². The Labute approximate surface area is 266 Å². The Bertz CT molecular complexity index is 1270. The van der Waals surface area contributed by atoms with Crippen molar-refractivity contribution < 1.29 is 19.1 Å². The van der Waals surface area contributed by atoms with Crippen LogP contribution in [-0.4, -0.2) is 79.1 Å². The number of morpholine rings is 1. The van der Waals surface area contributed by atoms with Gasteiger partial charge in [0.05, 0.1) is 28.4 Å². The van der Waals surface area contributed by atoms with Crippen molar-refractivity contribution >= 4 is 39.3 Å². The number of hydrogen-bond donors (Lipinski definition) is 3. The van der Waals surface area contributed by atoms with E-state index < -0.39 is 6.04 Å². The van der Waals surface area contributed by atoms with Gasteiger partial charge < -0.3 is 20.7 Å². The van der Waals surface area contributed by atoms with Gasteiger partial charge in [-0.15, -0.1) is 11.3 Å². The minimum Gasteiger partial charge on any atom is -0.379 e. The van der Waals surface area contributed by atoms with E-state index in [0.29, 0.717) is 63.0 Å². The molecule has 1 aliphatic carbocycles. The Morgan fingerprint density at radius 1 is 1.11 bits per heavy atom. The predicted molar refractivity (Wildman–Crippen MR) is 177 cm³/mol. The van der Waals surface area contributed by atoms with Crippen LogP contribution in [0.15, 0.2) is 30.4 Å². The normalized spacial score (nSPS) is 17.7. The van der Waals surface area contributed by atoms with Gasteiger partial charge in [-0.05, 0) is 42.4 Å². The number of carbonyl (C=O) groups is 3. The summed E-state index contributed by atoms with van der Waals surface area (Å²) in [5.41, 5.74) is 2.66. The summed E-state index contributed by atoms with van der Waals surface area (Å²) >= 11 is 1.57. The van der Waals surface area contributed by atoms with Crippen LogP contribution in [-0.2, 0) is 25.5 Å². The highest BCUT2D eigenvalue weighted by atomic mass is 32.1. The molecule has 2 heterocycles. The Morgan fingerprint density at radius 3 is 2.57 bits per heavy atom. The summed E-state index contributed by atoms with van der Waals surface area (Å²) in [5.74, 6) is 0.332. The van der Waals surface area contributed by atoms with Crippen molar-refractivity contribution in [3.63, 3.8) is 0 Å². The average Bonchev–Trinajstić information content (AvgIpc) is 3.42. The second-order valence-corrected chi connectivity index (χ2v) is 13.8. The SMILES string of the molecule is C=C(CN1CCOCC1)C(=O)NCC(CC1CCCCC1)NC(=O)[C@H](Cc1nc2ccc(C(C)C)cc2s1)NC(=O)CCC. The number of nitrogens with zero attached hydrogens (tertiary/aromatic N) is 2. The molecular weight excluding hydrogens is 574 g/mol. The molecule has 1 saturated carbocycles. The number of nitrogens with one attached hydrogen (secondary N) is 3. The molecule has 2 fully saturated rings. The monoisotopic (exact) mass is 625 g/mol. The van der Waals surface area contributed by atoms with Crippen LogP contribution in [0.1, 0.15) is 88.6 Å². The van der Waals surface area contributed by atoms with Crippen molar-refractivity contribution in [3.8, 4) is 0 Å². The lowest BCUT2D eigenvalue weighted by Crippen LogP contribution is -2.53. The van der Waals surface area contributed by atoms with Gasteiger partial charge in [0.1, 0.15) is 6.04 Å². The van der Waals surface area contributed by atoms with E-state index in [0.717, 1.165) is 47.6 Å². The van der Waals surface area contributed by atoms with Gasteiger partial charge in [0.2, 0.25) is 17.7 Å². The molecule has 9 nitrogen and oxygen atoms in total. The van der Waals surface area contributed by atoms with E-state index >= 15 is 0 Å². The van der Waals surface area contributed by atoms with Crippen molar-refractivity contribution in [2.75, 3.05) is 39.4 Å². The number of carbonyl (C=O) groups excluding carboxylic acids is 3. The molecule has 0 spiro atoms. The second kappa shape index (κ2) is 17.0. The molecular formula is C34H51N5O4S. The number of hydrogen-bond acceptors (Lipinski definition) is 7. The van der Waals surface area contributed by atoms with Crippen LogP contribution < -0.4 is 16.0 Å². The summed E-state index contributed by atoms with van der Waals surface area (Å²) in [5, 5.41) is 10.0. The van der Waals surface area contributed by atoms with Crippen molar-refractivity contribution in [2.45, 2.75) is 96.6 Å². The number of fused-ring (bicyclic) bond motifs is 1. The average molecular weight is 626 g/mol. The van der Waals surface area contributed by atoms with Gasteiger partial charge in [-0.1, -0.05) is 65.5 Å². The standard InChI is InChI=1S/C34H51N5O4S/c1-5-9-31(40)37-29(20-32-38-28-13-12-26(23(2)3)19-30(28)44-32)34(42)36-27(18-25-10-7-6-8-11-25)21-35-33(41)24(4)22-39-14-16-43-17-15-39/h12-13,19,23,25,27,29H,4-11,14-18,20-22H2,1-3H3,(H,35,41)(H,36,42)(H,37,40)/t27?,29-/m0/s1. The third-order valence-corrected chi connectivity index (χ3v) is 9.71. The molecule has 10 heteroatoms. The Hall–Kier alpha value is -2.82. The number of rotatable bonds is 15. The summed E-state index contributed by atoms with van der Waals surface area (Å²) in [4.78, 5) is 46.5. The largest absolute Gasteiger partial charge is 0.379 e. The fraction of sp³-hybridized carbons (Fsp3) is 0.647. The third kappa shape index (κ3) is 10.4. The summed E-state index contributed by atoms with van der Waals surface area (Å²) in [6.07, 6.45) is 8.05. The fourth-order valence-electron chi connectivity index (χ4n) is 6.07. The topological polar surface area (TPSA) is 113 Å². The van der Waals surface area contributed by atoms with Crippen LogP contribution in [0, 0.1) is 5.92 Å². The molecule has 2 atom stereocenters. The minimum absolute atomic E-state index is 0.146. The number of thiazole rings is 1. The lowest BCUT2D eigenvalue weighted by atomic mass is 9.84. The predicted octanol–water partition coefficient (Wildman–Crippen LogP) is 4.71. The molecule has 0 radical (unpaired) electrons. The first-order valence-corrected chi connectivity index (χ1v) is 17.3. The molecule has 1 aromatic carbocycles. The summed E-state index contributed by atoms with van der Waals surface area (Å²) < 4.78 is 6.49. The van der Waals surface area contributed by atoms with Crippen LogP contribution in [0.4, 0.5) is 0 Å². The first-order valence-electron chi connectivity index (χ1n) is 16.5. The number of aromatic nitrogens is 1. The van der Waals surface area contributed by atoms with Crippen molar-refractivity contribution in [2.24, 2.45) is 5.92 Å². The molecule has 242 valence electrons. The van der Waals surface area contributed by atoms with Crippen LogP contribution in [0.5, 0.6) is 0 Å². The van der Waals surface area contributed by atoms with E-state index in [4.69, 9.17) is 9.72 Å². The molecule has 1 aromatic heterocycles. The van der Waals surface area contributed by atoms with E-state index in [1.165, 1.54) is 24.8 Å².